The van der Waals surface area contributed by atoms with Gasteiger partial charge in [-0.15, -0.1) is 0 Å². The molecule has 0 spiro atoms. The van der Waals surface area contributed by atoms with E-state index in [1.807, 2.05) is 46.6 Å². The van der Waals surface area contributed by atoms with Crippen LogP contribution in [0, 0.1) is 0 Å². The normalized spacial score (nSPS) is 12.6. The Morgan fingerprint density at radius 1 is 1.10 bits per heavy atom. The smallest absolute Gasteiger partial charge is 0.228 e. The zero-order chi connectivity index (χ0) is 14.7. The quantitative estimate of drug-likeness (QED) is 0.567. The Morgan fingerprint density at radius 3 is 2.52 bits per heavy atom. The lowest BCUT2D eigenvalue weighted by Gasteiger charge is -2.09. The molecule has 0 atom stereocenters. The fourth-order valence-corrected chi connectivity index (χ4v) is 3.13. The standard InChI is InChI=1S/C16H14N2O3/c1-17-11-8-13(21-3)12(20-2)7-9(11)14-15(17)16(19)10-5-4-6-18(10)14/h4-8H,1-3H3. The van der Waals surface area contributed by atoms with Crippen LogP contribution >= 0.6 is 0 Å². The van der Waals surface area contributed by atoms with Crippen molar-refractivity contribution in [2.45, 2.75) is 0 Å². The van der Waals surface area contributed by atoms with E-state index < -0.39 is 0 Å². The van der Waals surface area contributed by atoms with Crippen molar-refractivity contribution in [3.05, 3.63) is 41.9 Å². The van der Waals surface area contributed by atoms with E-state index in [1.165, 1.54) is 0 Å². The summed E-state index contributed by atoms with van der Waals surface area (Å²) in [5, 5.41) is 0.980. The molecule has 0 bridgehead atoms. The summed E-state index contributed by atoms with van der Waals surface area (Å²) in [6.45, 7) is 0. The first-order valence-corrected chi connectivity index (χ1v) is 6.64. The van der Waals surface area contributed by atoms with E-state index in [-0.39, 0.29) is 5.78 Å². The van der Waals surface area contributed by atoms with Crippen LogP contribution in [0.3, 0.4) is 0 Å². The van der Waals surface area contributed by atoms with Crippen LogP contribution < -0.4 is 9.47 Å². The predicted octanol–water partition coefficient (Wildman–Crippen LogP) is 2.53. The van der Waals surface area contributed by atoms with Gasteiger partial charge in [-0.3, -0.25) is 4.79 Å². The van der Waals surface area contributed by atoms with E-state index in [2.05, 4.69) is 0 Å². The van der Waals surface area contributed by atoms with Crippen LogP contribution in [0.2, 0.25) is 0 Å². The molecule has 106 valence electrons. The number of hydrogen-bond acceptors (Lipinski definition) is 3. The van der Waals surface area contributed by atoms with E-state index in [0.717, 1.165) is 16.6 Å². The third-order valence-corrected chi connectivity index (χ3v) is 4.12. The Labute approximate surface area is 121 Å². The van der Waals surface area contributed by atoms with E-state index in [4.69, 9.17) is 9.47 Å². The maximum atomic E-state index is 12.5. The van der Waals surface area contributed by atoms with Crippen LogP contribution in [0.15, 0.2) is 30.5 Å². The van der Waals surface area contributed by atoms with Gasteiger partial charge in [0.2, 0.25) is 5.78 Å². The average Bonchev–Trinajstić information content (AvgIpc) is 3.14. The average molecular weight is 282 g/mol. The van der Waals surface area contributed by atoms with Crippen molar-refractivity contribution in [2.75, 3.05) is 14.2 Å². The molecule has 0 saturated carbocycles. The van der Waals surface area contributed by atoms with Crippen LogP contribution in [-0.2, 0) is 7.05 Å². The fourth-order valence-electron chi connectivity index (χ4n) is 3.13. The Kier molecular flexibility index (Phi) is 2.25. The fraction of sp³-hybridized carbons (Fsp3) is 0.188. The monoisotopic (exact) mass is 282 g/mol. The third-order valence-electron chi connectivity index (χ3n) is 4.12. The topological polar surface area (TPSA) is 45.4 Å². The van der Waals surface area contributed by atoms with E-state index in [9.17, 15) is 4.79 Å². The largest absolute Gasteiger partial charge is 0.493 e. The zero-order valence-electron chi connectivity index (χ0n) is 12.0. The maximum absolute atomic E-state index is 12.5. The second kappa shape index (κ2) is 3.91. The van der Waals surface area contributed by atoms with Crippen molar-refractivity contribution < 1.29 is 14.3 Å². The molecule has 3 aromatic rings. The van der Waals surface area contributed by atoms with Crippen molar-refractivity contribution in [3.8, 4) is 17.2 Å². The van der Waals surface area contributed by atoms with Gasteiger partial charge in [-0.05, 0) is 18.2 Å². The van der Waals surface area contributed by atoms with Gasteiger partial charge in [-0.25, -0.2) is 0 Å². The lowest BCUT2D eigenvalue weighted by molar-refractivity contribution is 0.103. The van der Waals surface area contributed by atoms with Gasteiger partial charge in [0, 0.05) is 24.7 Å². The number of nitrogens with zero attached hydrogens (tertiary/aromatic N) is 2. The molecule has 1 aromatic carbocycles. The highest BCUT2D eigenvalue weighted by Crippen LogP contribution is 2.41. The van der Waals surface area contributed by atoms with Gasteiger partial charge in [0.05, 0.1) is 31.1 Å². The molecule has 0 N–H and O–H groups in total. The molecule has 0 saturated heterocycles. The number of benzene rings is 1. The lowest BCUT2D eigenvalue weighted by Crippen LogP contribution is -2.03. The number of rotatable bonds is 2. The summed E-state index contributed by atoms with van der Waals surface area (Å²) in [4.78, 5) is 12.5. The first-order chi connectivity index (χ1) is 10.2. The molecule has 21 heavy (non-hydrogen) atoms. The van der Waals surface area contributed by atoms with Crippen LogP contribution in [0.5, 0.6) is 11.5 Å². The summed E-state index contributed by atoms with van der Waals surface area (Å²) in [6.07, 6.45) is 1.91. The summed E-state index contributed by atoms with van der Waals surface area (Å²) in [7, 11) is 5.12. The van der Waals surface area contributed by atoms with Crippen molar-refractivity contribution >= 4 is 16.7 Å². The first-order valence-electron chi connectivity index (χ1n) is 6.64. The minimum Gasteiger partial charge on any atom is -0.493 e. The molecule has 4 rings (SSSR count). The minimum atomic E-state index is 0.0478. The van der Waals surface area contributed by atoms with Crippen LogP contribution in [0.25, 0.3) is 16.6 Å². The SMILES string of the molecule is COc1cc2c3c(n(C)c2cc1OC)C(=O)c1cccn1-3. The third kappa shape index (κ3) is 1.33. The molecule has 0 unspecified atom stereocenters. The van der Waals surface area contributed by atoms with Gasteiger partial charge in [0.15, 0.2) is 11.5 Å². The summed E-state index contributed by atoms with van der Waals surface area (Å²) < 4.78 is 14.6. The molecular weight excluding hydrogens is 268 g/mol. The number of hydrogen-bond donors (Lipinski definition) is 0. The van der Waals surface area contributed by atoms with Gasteiger partial charge in [-0.1, -0.05) is 0 Å². The lowest BCUT2D eigenvalue weighted by atomic mass is 10.2. The number of fused-ring (bicyclic) bond motifs is 5. The molecule has 2 aromatic heterocycles. The van der Waals surface area contributed by atoms with Crippen molar-refractivity contribution in [1.82, 2.24) is 9.13 Å². The van der Waals surface area contributed by atoms with Gasteiger partial charge in [-0.2, -0.15) is 0 Å². The van der Waals surface area contributed by atoms with Gasteiger partial charge < -0.3 is 18.6 Å². The molecule has 0 amide bonds. The van der Waals surface area contributed by atoms with Crippen LogP contribution in [0.1, 0.15) is 16.2 Å². The van der Waals surface area contributed by atoms with E-state index in [1.54, 1.807) is 14.2 Å². The number of carbonyl (C=O) groups excluding carboxylic acids is 1. The summed E-state index contributed by atoms with van der Waals surface area (Å²) in [6, 6.07) is 7.56. The summed E-state index contributed by atoms with van der Waals surface area (Å²) in [5.41, 5.74) is 3.27. The van der Waals surface area contributed by atoms with E-state index in [0.29, 0.717) is 22.9 Å². The molecule has 1 aliphatic rings. The second-order valence-electron chi connectivity index (χ2n) is 5.07. The summed E-state index contributed by atoms with van der Waals surface area (Å²) >= 11 is 0. The second-order valence-corrected chi connectivity index (χ2v) is 5.07. The molecule has 5 heteroatoms. The van der Waals surface area contributed by atoms with Crippen LogP contribution in [0.4, 0.5) is 0 Å². The number of ketones is 1. The molecule has 0 fully saturated rings. The number of aryl methyl sites for hydroxylation is 1. The Bertz CT molecular complexity index is 902. The van der Waals surface area contributed by atoms with Gasteiger partial charge in [0.1, 0.15) is 5.69 Å². The number of ether oxygens (including phenoxy) is 2. The number of carbonyl (C=O) groups is 1. The molecule has 1 aliphatic heterocycles. The highest BCUT2D eigenvalue weighted by atomic mass is 16.5. The Hall–Kier alpha value is -2.69. The number of aromatic nitrogens is 2. The highest BCUT2D eigenvalue weighted by Gasteiger charge is 2.32. The molecule has 3 heterocycles. The van der Waals surface area contributed by atoms with Crippen molar-refractivity contribution in [3.63, 3.8) is 0 Å². The Balaban J connectivity index is 2.15. The predicted molar refractivity (Wildman–Crippen MR) is 78.8 cm³/mol. The molecular formula is C16H14N2O3. The van der Waals surface area contributed by atoms with Crippen LogP contribution in [-0.4, -0.2) is 29.1 Å². The van der Waals surface area contributed by atoms with Crippen molar-refractivity contribution in [2.24, 2.45) is 7.05 Å². The highest BCUT2D eigenvalue weighted by molar-refractivity contribution is 6.18. The molecule has 5 nitrogen and oxygen atoms in total. The van der Waals surface area contributed by atoms with E-state index >= 15 is 0 Å². The number of methoxy groups -OCH3 is 2. The Morgan fingerprint density at radius 2 is 1.81 bits per heavy atom. The maximum Gasteiger partial charge on any atom is 0.228 e. The zero-order valence-corrected chi connectivity index (χ0v) is 12.0. The van der Waals surface area contributed by atoms with Gasteiger partial charge in [0.25, 0.3) is 0 Å². The molecule has 0 aliphatic carbocycles. The van der Waals surface area contributed by atoms with Gasteiger partial charge >= 0.3 is 0 Å². The van der Waals surface area contributed by atoms with Crippen molar-refractivity contribution in [1.29, 1.82) is 0 Å². The molecule has 0 radical (unpaired) electrons. The summed E-state index contributed by atoms with van der Waals surface area (Å²) in [5.74, 6) is 1.36. The first kappa shape index (κ1) is 12.1. The minimum absolute atomic E-state index is 0.0478.